The molecule has 0 aliphatic carbocycles. The minimum atomic E-state index is -0.292. The highest BCUT2D eigenvalue weighted by molar-refractivity contribution is 5.98. The molecule has 0 radical (unpaired) electrons. The number of hydrogen-bond donors (Lipinski definition) is 1. The summed E-state index contributed by atoms with van der Waals surface area (Å²) >= 11 is 0. The Morgan fingerprint density at radius 3 is 2.58 bits per heavy atom. The highest BCUT2D eigenvalue weighted by Crippen LogP contribution is 2.39. The summed E-state index contributed by atoms with van der Waals surface area (Å²) in [7, 11) is 0. The predicted molar refractivity (Wildman–Crippen MR) is 146 cm³/mol. The van der Waals surface area contributed by atoms with E-state index in [0.29, 0.717) is 29.4 Å². The van der Waals surface area contributed by atoms with Crippen molar-refractivity contribution >= 4 is 27.6 Å². The second-order valence-corrected chi connectivity index (χ2v) is 10.8. The van der Waals surface area contributed by atoms with Crippen LogP contribution in [0.1, 0.15) is 44.1 Å². The molecule has 3 aliphatic rings. The summed E-state index contributed by atoms with van der Waals surface area (Å²) < 4.78 is 21.2. The minimum Gasteiger partial charge on any atom is -0.461 e. The number of benzene rings is 1. The summed E-state index contributed by atoms with van der Waals surface area (Å²) in [4.78, 5) is 19.5. The van der Waals surface area contributed by atoms with Crippen LogP contribution in [0.4, 0.5) is 10.2 Å². The molecular formula is C29H32FN7O. The standard InChI is InChI=1S/C29H32FN7O/c1-19-22(30)14-24-20(17-32-35-24)26(19)25-15-23-21(16-31-25)27(36-10-4-2-3-5-11-36)34-28(33-23)38-18-29-8-6-12-37(29)13-7-9-29/h2-3,14-17H,4-13,18H2,1H3,(H,32,35). The number of rotatable bonds is 5. The van der Waals surface area contributed by atoms with Crippen molar-refractivity contribution in [2.45, 2.75) is 51.0 Å². The van der Waals surface area contributed by atoms with E-state index in [1.54, 1.807) is 13.1 Å². The summed E-state index contributed by atoms with van der Waals surface area (Å²) in [6.07, 6.45) is 14.7. The average Bonchev–Trinajstić information content (AvgIpc) is 3.58. The summed E-state index contributed by atoms with van der Waals surface area (Å²) in [6, 6.07) is 3.82. The molecule has 0 atom stereocenters. The summed E-state index contributed by atoms with van der Waals surface area (Å²) in [5.74, 6) is 0.560. The molecule has 6 heterocycles. The van der Waals surface area contributed by atoms with Gasteiger partial charge in [-0.3, -0.25) is 15.0 Å². The Kier molecular flexibility index (Phi) is 5.76. The average molecular weight is 514 g/mol. The number of nitrogens with zero attached hydrogens (tertiary/aromatic N) is 6. The summed E-state index contributed by atoms with van der Waals surface area (Å²) in [6.45, 7) is 6.44. The molecule has 9 heteroatoms. The van der Waals surface area contributed by atoms with E-state index < -0.39 is 0 Å². The van der Waals surface area contributed by atoms with Crippen LogP contribution in [0.5, 0.6) is 6.01 Å². The molecule has 1 N–H and O–H groups in total. The number of pyridine rings is 1. The van der Waals surface area contributed by atoms with Crippen LogP contribution >= 0.6 is 0 Å². The number of fused-ring (bicyclic) bond motifs is 3. The lowest BCUT2D eigenvalue weighted by Gasteiger charge is -2.31. The number of anilines is 1. The van der Waals surface area contributed by atoms with Crippen LogP contribution in [0.15, 0.2) is 36.7 Å². The summed E-state index contributed by atoms with van der Waals surface area (Å²) in [5, 5.41) is 8.73. The number of nitrogens with one attached hydrogen (secondary N) is 1. The molecular weight excluding hydrogens is 481 g/mol. The lowest BCUT2D eigenvalue weighted by Crippen LogP contribution is -2.43. The molecule has 0 amide bonds. The number of hydrogen-bond acceptors (Lipinski definition) is 7. The zero-order valence-corrected chi connectivity index (χ0v) is 21.7. The first-order chi connectivity index (χ1) is 18.6. The van der Waals surface area contributed by atoms with Crippen LogP contribution < -0.4 is 9.64 Å². The van der Waals surface area contributed by atoms with Gasteiger partial charge in [0.15, 0.2) is 0 Å². The number of aromatic nitrogens is 5. The van der Waals surface area contributed by atoms with Crippen LogP contribution in [0.25, 0.3) is 33.1 Å². The quantitative estimate of drug-likeness (QED) is 0.368. The van der Waals surface area contributed by atoms with Crippen LogP contribution in [0.2, 0.25) is 0 Å². The van der Waals surface area contributed by atoms with Gasteiger partial charge in [-0.15, -0.1) is 0 Å². The molecule has 3 aromatic heterocycles. The number of aromatic amines is 1. The highest BCUT2D eigenvalue weighted by Gasteiger charge is 2.45. The fourth-order valence-electron chi connectivity index (χ4n) is 6.60. The van der Waals surface area contributed by atoms with Gasteiger partial charge in [-0.25, -0.2) is 4.39 Å². The Balaban J connectivity index is 1.33. The predicted octanol–water partition coefficient (Wildman–Crippen LogP) is 5.18. The first-order valence-electron chi connectivity index (χ1n) is 13.7. The van der Waals surface area contributed by atoms with E-state index in [9.17, 15) is 4.39 Å². The van der Waals surface area contributed by atoms with Crippen molar-refractivity contribution in [2.75, 3.05) is 37.7 Å². The van der Waals surface area contributed by atoms with Crippen molar-refractivity contribution in [1.82, 2.24) is 30.0 Å². The van der Waals surface area contributed by atoms with E-state index >= 15 is 0 Å². The van der Waals surface area contributed by atoms with Gasteiger partial charge in [0.25, 0.3) is 0 Å². The van der Waals surface area contributed by atoms with Crippen LogP contribution in [-0.2, 0) is 0 Å². The van der Waals surface area contributed by atoms with Crippen molar-refractivity contribution in [3.63, 3.8) is 0 Å². The van der Waals surface area contributed by atoms with Gasteiger partial charge in [-0.05, 0) is 76.2 Å². The number of halogens is 1. The van der Waals surface area contributed by atoms with Gasteiger partial charge in [0, 0.05) is 30.2 Å². The maximum atomic E-state index is 14.8. The molecule has 7 rings (SSSR count). The van der Waals surface area contributed by atoms with E-state index in [1.165, 1.54) is 31.7 Å². The third-order valence-corrected chi connectivity index (χ3v) is 8.62. The molecule has 0 saturated carbocycles. The molecule has 0 unspecified atom stereocenters. The minimum absolute atomic E-state index is 0.111. The molecule has 2 saturated heterocycles. The number of H-pyrrole nitrogens is 1. The Labute approximate surface area is 220 Å². The largest absolute Gasteiger partial charge is 0.461 e. The maximum Gasteiger partial charge on any atom is 0.319 e. The Morgan fingerprint density at radius 1 is 1.00 bits per heavy atom. The van der Waals surface area contributed by atoms with Crippen molar-refractivity contribution < 1.29 is 9.13 Å². The van der Waals surface area contributed by atoms with Gasteiger partial charge in [0.05, 0.1) is 33.8 Å². The zero-order valence-electron chi connectivity index (χ0n) is 21.7. The molecule has 0 bridgehead atoms. The van der Waals surface area contributed by atoms with Gasteiger partial charge < -0.3 is 9.64 Å². The Hall–Kier alpha value is -3.59. The molecule has 1 aromatic carbocycles. The van der Waals surface area contributed by atoms with E-state index in [1.807, 2.05) is 12.3 Å². The number of ether oxygens (including phenoxy) is 1. The van der Waals surface area contributed by atoms with Crippen LogP contribution in [0, 0.1) is 12.7 Å². The molecule has 8 nitrogen and oxygen atoms in total. The molecule has 38 heavy (non-hydrogen) atoms. The van der Waals surface area contributed by atoms with Gasteiger partial charge in [-0.1, -0.05) is 12.2 Å². The second kappa shape index (κ2) is 9.31. The zero-order chi connectivity index (χ0) is 25.7. The first kappa shape index (κ1) is 23.5. The van der Waals surface area contributed by atoms with Crippen molar-refractivity contribution in [1.29, 1.82) is 0 Å². The molecule has 3 aliphatic heterocycles. The third kappa shape index (κ3) is 3.91. The van der Waals surface area contributed by atoms with E-state index in [2.05, 4.69) is 32.1 Å². The fourth-order valence-corrected chi connectivity index (χ4v) is 6.60. The van der Waals surface area contributed by atoms with E-state index in [4.69, 9.17) is 19.7 Å². The lowest BCUT2D eigenvalue weighted by atomic mass is 9.95. The monoisotopic (exact) mass is 513 g/mol. The maximum absolute atomic E-state index is 14.8. The normalized spacial score (nSPS) is 19.4. The molecule has 196 valence electrons. The smallest absolute Gasteiger partial charge is 0.319 e. The van der Waals surface area contributed by atoms with Crippen molar-refractivity contribution in [3.05, 3.63) is 48.1 Å². The first-order valence-corrected chi connectivity index (χ1v) is 13.7. The Bertz CT molecular complexity index is 1530. The second-order valence-electron chi connectivity index (χ2n) is 10.8. The fraction of sp³-hybridized carbons (Fsp3) is 0.448. The van der Waals surface area contributed by atoms with Gasteiger partial charge in [0.2, 0.25) is 0 Å². The van der Waals surface area contributed by atoms with Crippen LogP contribution in [0.3, 0.4) is 0 Å². The van der Waals surface area contributed by atoms with Gasteiger partial charge in [-0.2, -0.15) is 15.1 Å². The van der Waals surface area contributed by atoms with Crippen molar-refractivity contribution in [3.8, 4) is 17.3 Å². The summed E-state index contributed by atoms with van der Waals surface area (Å²) in [5.41, 5.74) is 3.43. The SMILES string of the molecule is Cc1c(F)cc2[nH]ncc2c1-c1cc2nc(OCC34CCCN3CCC4)nc(N3CCC=CCC3)c2cn1. The van der Waals surface area contributed by atoms with E-state index in [0.717, 1.165) is 66.7 Å². The van der Waals surface area contributed by atoms with Gasteiger partial charge in [0.1, 0.15) is 18.2 Å². The highest BCUT2D eigenvalue weighted by atomic mass is 19.1. The molecule has 4 aromatic rings. The van der Waals surface area contributed by atoms with E-state index in [-0.39, 0.29) is 11.4 Å². The molecule has 0 spiro atoms. The van der Waals surface area contributed by atoms with Crippen molar-refractivity contribution in [2.24, 2.45) is 0 Å². The topological polar surface area (TPSA) is 83.1 Å². The van der Waals surface area contributed by atoms with Gasteiger partial charge >= 0.3 is 6.01 Å². The Morgan fingerprint density at radius 2 is 1.79 bits per heavy atom. The third-order valence-electron chi connectivity index (χ3n) is 8.62. The lowest BCUT2D eigenvalue weighted by molar-refractivity contribution is 0.108. The van der Waals surface area contributed by atoms with Crippen LogP contribution in [-0.4, -0.2) is 68.4 Å². The molecule has 2 fully saturated rings.